The van der Waals surface area contributed by atoms with E-state index in [1.54, 1.807) is 6.20 Å². The maximum atomic E-state index is 12.7. The van der Waals surface area contributed by atoms with Crippen LogP contribution in [-0.4, -0.2) is 28.2 Å². The van der Waals surface area contributed by atoms with Crippen LogP contribution in [0.4, 0.5) is 6.01 Å². The Kier molecular flexibility index (Phi) is 4.47. The Balaban J connectivity index is 1.55. The van der Waals surface area contributed by atoms with Crippen molar-refractivity contribution < 1.29 is 12.8 Å². The van der Waals surface area contributed by atoms with Gasteiger partial charge in [0.05, 0.1) is 0 Å². The molecule has 27 heavy (non-hydrogen) atoms. The average Bonchev–Trinajstić information content (AvgIpc) is 3.16. The molecule has 4 rings (SSSR count). The fourth-order valence-corrected chi connectivity index (χ4v) is 3.73. The first-order valence-electron chi connectivity index (χ1n) is 8.94. The molecule has 0 atom stereocenters. The van der Waals surface area contributed by atoms with Gasteiger partial charge in [-0.25, -0.2) is 9.71 Å². The standard InChI is InChI=1S/C18H21N5O3S/c1-3-15-19-16(11-23(15)10-13-6-7-13)27(24,25)22-18-21-20-17(26-18)14-8-4-12(2)5-9-14/h4-5,8-9,11,13H,3,6-7,10H2,1-2H3,(H,21,22). The molecule has 1 fully saturated rings. The Labute approximate surface area is 157 Å². The van der Waals surface area contributed by atoms with Crippen LogP contribution in [-0.2, 0) is 23.0 Å². The number of aromatic nitrogens is 4. The van der Waals surface area contributed by atoms with Gasteiger partial charge in [-0.05, 0) is 37.8 Å². The lowest BCUT2D eigenvalue weighted by Gasteiger charge is -2.03. The van der Waals surface area contributed by atoms with Crippen LogP contribution in [0.3, 0.4) is 0 Å². The summed E-state index contributed by atoms with van der Waals surface area (Å²) in [6, 6.07) is 7.34. The Hall–Kier alpha value is -2.68. The lowest BCUT2D eigenvalue weighted by atomic mass is 10.1. The van der Waals surface area contributed by atoms with Crippen LogP contribution in [0.5, 0.6) is 0 Å². The molecule has 2 aromatic heterocycles. The van der Waals surface area contributed by atoms with Crippen molar-refractivity contribution >= 4 is 16.0 Å². The number of imidazole rings is 1. The highest BCUT2D eigenvalue weighted by Gasteiger charge is 2.26. The van der Waals surface area contributed by atoms with Gasteiger partial charge in [-0.2, -0.15) is 8.42 Å². The highest BCUT2D eigenvalue weighted by molar-refractivity contribution is 7.92. The molecule has 0 spiro atoms. The molecular weight excluding hydrogens is 366 g/mol. The summed E-state index contributed by atoms with van der Waals surface area (Å²) >= 11 is 0. The quantitative estimate of drug-likeness (QED) is 0.668. The Morgan fingerprint density at radius 2 is 1.96 bits per heavy atom. The summed E-state index contributed by atoms with van der Waals surface area (Å²) in [6.45, 7) is 4.75. The first-order chi connectivity index (χ1) is 12.9. The fourth-order valence-electron chi connectivity index (χ4n) is 2.82. The highest BCUT2D eigenvalue weighted by Crippen LogP contribution is 2.31. The summed E-state index contributed by atoms with van der Waals surface area (Å²) in [5.74, 6) is 1.63. The topological polar surface area (TPSA) is 103 Å². The van der Waals surface area contributed by atoms with Crippen molar-refractivity contribution in [3.05, 3.63) is 41.9 Å². The molecule has 0 radical (unpaired) electrons. The van der Waals surface area contributed by atoms with E-state index in [4.69, 9.17) is 4.42 Å². The smallest absolute Gasteiger partial charge is 0.330 e. The molecule has 1 N–H and O–H groups in total. The number of rotatable bonds is 7. The molecule has 1 aromatic carbocycles. The third-order valence-electron chi connectivity index (χ3n) is 4.53. The maximum absolute atomic E-state index is 12.7. The molecule has 1 aliphatic rings. The van der Waals surface area contributed by atoms with Crippen molar-refractivity contribution in [2.75, 3.05) is 4.72 Å². The van der Waals surface area contributed by atoms with E-state index in [2.05, 4.69) is 19.9 Å². The van der Waals surface area contributed by atoms with Crippen LogP contribution in [0.25, 0.3) is 11.5 Å². The molecule has 1 aliphatic carbocycles. The number of nitrogens with one attached hydrogen (secondary N) is 1. The van der Waals surface area contributed by atoms with Gasteiger partial charge in [0, 0.05) is 24.7 Å². The van der Waals surface area contributed by atoms with E-state index in [1.165, 1.54) is 12.8 Å². The van der Waals surface area contributed by atoms with Gasteiger partial charge in [0.2, 0.25) is 5.89 Å². The van der Waals surface area contributed by atoms with Gasteiger partial charge in [-0.15, -0.1) is 5.10 Å². The van der Waals surface area contributed by atoms with E-state index >= 15 is 0 Å². The van der Waals surface area contributed by atoms with Gasteiger partial charge < -0.3 is 8.98 Å². The molecule has 8 nitrogen and oxygen atoms in total. The number of nitrogens with zero attached hydrogens (tertiary/aromatic N) is 4. The van der Waals surface area contributed by atoms with Crippen LogP contribution < -0.4 is 4.72 Å². The molecule has 0 unspecified atom stereocenters. The van der Waals surface area contributed by atoms with Crippen molar-refractivity contribution in [1.82, 2.24) is 19.7 Å². The molecule has 9 heteroatoms. The van der Waals surface area contributed by atoms with E-state index < -0.39 is 10.0 Å². The summed E-state index contributed by atoms with van der Waals surface area (Å²) in [5.41, 5.74) is 1.83. The highest BCUT2D eigenvalue weighted by atomic mass is 32.2. The Bertz CT molecular complexity index is 1050. The molecular formula is C18H21N5O3S. The first-order valence-corrected chi connectivity index (χ1v) is 10.4. The van der Waals surface area contributed by atoms with Crippen LogP contribution in [0, 0.1) is 12.8 Å². The van der Waals surface area contributed by atoms with Crippen molar-refractivity contribution in [3.8, 4) is 11.5 Å². The number of anilines is 1. The Morgan fingerprint density at radius 3 is 2.63 bits per heavy atom. The molecule has 1 saturated carbocycles. The van der Waals surface area contributed by atoms with Crippen molar-refractivity contribution in [1.29, 1.82) is 0 Å². The largest absolute Gasteiger partial charge is 0.403 e. The van der Waals surface area contributed by atoms with Gasteiger partial charge in [0.1, 0.15) is 5.82 Å². The second-order valence-electron chi connectivity index (χ2n) is 6.83. The SMILES string of the molecule is CCc1nc(S(=O)(=O)Nc2nnc(-c3ccc(C)cc3)o2)cn1CC1CC1. The normalized spacial score (nSPS) is 14.4. The van der Waals surface area contributed by atoms with E-state index in [9.17, 15) is 8.42 Å². The van der Waals surface area contributed by atoms with Gasteiger partial charge in [-0.1, -0.05) is 29.7 Å². The van der Waals surface area contributed by atoms with Crippen LogP contribution in [0.15, 0.2) is 39.9 Å². The van der Waals surface area contributed by atoms with E-state index in [0.717, 1.165) is 23.5 Å². The lowest BCUT2D eigenvalue weighted by Crippen LogP contribution is -2.13. The third-order valence-corrected chi connectivity index (χ3v) is 5.72. The van der Waals surface area contributed by atoms with Gasteiger partial charge in [-0.3, -0.25) is 0 Å². The number of hydrogen-bond donors (Lipinski definition) is 1. The second kappa shape index (κ2) is 6.80. The van der Waals surface area contributed by atoms with E-state index in [1.807, 2.05) is 42.7 Å². The molecule has 2 heterocycles. The average molecular weight is 387 g/mol. The van der Waals surface area contributed by atoms with E-state index in [0.29, 0.717) is 12.3 Å². The lowest BCUT2D eigenvalue weighted by molar-refractivity contribution is 0.575. The summed E-state index contributed by atoms with van der Waals surface area (Å²) in [4.78, 5) is 4.27. The maximum Gasteiger partial charge on any atom is 0.330 e. The third kappa shape index (κ3) is 3.87. The van der Waals surface area contributed by atoms with Gasteiger partial charge in [0.15, 0.2) is 5.03 Å². The minimum Gasteiger partial charge on any atom is -0.403 e. The summed E-state index contributed by atoms with van der Waals surface area (Å²) in [7, 11) is -3.89. The fraction of sp³-hybridized carbons (Fsp3) is 0.389. The molecule has 0 aliphatic heterocycles. The molecule has 0 saturated heterocycles. The number of hydrogen-bond acceptors (Lipinski definition) is 6. The van der Waals surface area contributed by atoms with Crippen molar-refractivity contribution in [2.24, 2.45) is 5.92 Å². The summed E-state index contributed by atoms with van der Waals surface area (Å²) < 4.78 is 35.0. The Morgan fingerprint density at radius 1 is 1.22 bits per heavy atom. The molecule has 142 valence electrons. The van der Waals surface area contributed by atoms with Crippen LogP contribution >= 0.6 is 0 Å². The zero-order valence-electron chi connectivity index (χ0n) is 15.2. The minimum atomic E-state index is -3.89. The first kappa shape index (κ1) is 17.7. The minimum absolute atomic E-state index is 0.0323. The molecule has 3 aromatic rings. The molecule has 0 amide bonds. The number of sulfonamides is 1. The second-order valence-corrected chi connectivity index (χ2v) is 8.46. The zero-order valence-corrected chi connectivity index (χ0v) is 16.0. The van der Waals surface area contributed by atoms with Crippen molar-refractivity contribution in [3.63, 3.8) is 0 Å². The van der Waals surface area contributed by atoms with Gasteiger partial charge in [0.25, 0.3) is 10.0 Å². The monoisotopic (exact) mass is 387 g/mol. The van der Waals surface area contributed by atoms with Gasteiger partial charge >= 0.3 is 6.01 Å². The predicted molar refractivity (Wildman–Crippen MR) is 99.6 cm³/mol. The van der Waals surface area contributed by atoms with Crippen LogP contribution in [0.2, 0.25) is 0 Å². The number of benzene rings is 1. The summed E-state index contributed by atoms with van der Waals surface area (Å²) in [6.07, 6.45) is 4.62. The zero-order chi connectivity index (χ0) is 19.0. The molecule has 0 bridgehead atoms. The number of aryl methyl sites for hydroxylation is 2. The van der Waals surface area contributed by atoms with E-state index in [-0.39, 0.29) is 16.9 Å². The van der Waals surface area contributed by atoms with Crippen LogP contribution in [0.1, 0.15) is 31.2 Å². The summed E-state index contributed by atoms with van der Waals surface area (Å²) in [5, 5.41) is 7.67. The van der Waals surface area contributed by atoms with Crippen molar-refractivity contribution in [2.45, 2.75) is 44.7 Å². The predicted octanol–water partition coefficient (Wildman–Crippen LogP) is 3.01.